The van der Waals surface area contributed by atoms with Gasteiger partial charge >= 0.3 is 5.97 Å². The molecule has 5 nitrogen and oxygen atoms in total. The Morgan fingerprint density at radius 1 is 1.18 bits per heavy atom. The van der Waals surface area contributed by atoms with Gasteiger partial charge in [0.1, 0.15) is 6.04 Å². The van der Waals surface area contributed by atoms with Crippen LogP contribution in [0.3, 0.4) is 0 Å². The van der Waals surface area contributed by atoms with Crippen LogP contribution < -0.4 is 5.09 Å². The molecular weight excluding hydrogens is 301 g/mol. The molecule has 0 spiro atoms. The van der Waals surface area contributed by atoms with Gasteiger partial charge in [0.15, 0.2) is 0 Å². The molecule has 0 aliphatic rings. The Morgan fingerprint density at radius 2 is 1.86 bits per heavy atom. The van der Waals surface area contributed by atoms with Crippen molar-refractivity contribution in [2.75, 3.05) is 0 Å². The fourth-order valence-corrected chi connectivity index (χ4v) is 3.67. The molecule has 2 aromatic carbocycles. The van der Waals surface area contributed by atoms with Gasteiger partial charge in [-0.05, 0) is 18.1 Å². The molecule has 0 saturated carbocycles. The first-order valence-corrected chi connectivity index (χ1v) is 8.65. The highest BCUT2D eigenvalue weighted by atomic mass is 31.2. The maximum absolute atomic E-state index is 12.4. The van der Waals surface area contributed by atoms with Crippen LogP contribution in [0, 0.1) is 6.92 Å². The number of aliphatic carboxylic acids is 1. The van der Waals surface area contributed by atoms with Crippen LogP contribution in [0.1, 0.15) is 22.7 Å². The van der Waals surface area contributed by atoms with Crippen LogP contribution in [-0.4, -0.2) is 16.0 Å². The summed E-state index contributed by atoms with van der Waals surface area (Å²) in [5, 5.41) is 11.7. The largest absolute Gasteiger partial charge is 0.480 e. The second kappa shape index (κ2) is 6.88. The van der Waals surface area contributed by atoms with E-state index in [2.05, 4.69) is 5.09 Å². The molecule has 0 amide bonds. The Bertz CT molecular complexity index is 702. The summed E-state index contributed by atoms with van der Waals surface area (Å²) in [5.74, 6) is -1.19. The fourth-order valence-electron chi connectivity index (χ4n) is 2.22. The van der Waals surface area contributed by atoms with Crippen molar-refractivity contribution in [1.29, 1.82) is 0 Å². The zero-order valence-electron chi connectivity index (χ0n) is 12.1. The summed E-state index contributed by atoms with van der Waals surface area (Å²) >= 11 is 0. The number of carboxylic acids is 1. The molecule has 2 aromatic rings. The van der Waals surface area contributed by atoms with Crippen LogP contribution in [0.4, 0.5) is 0 Å². The molecule has 0 aromatic heterocycles. The summed E-state index contributed by atoms with van der Waals surface area (Å²) in [4.78, 5) is 21.5. The van der Waals surface area contributed by atoms with Crippen molar-refractivity contribution in [1.82, 2.24) is 5.09 Å². The van der Waals surface area contributed by atoms with Crippen molar-refractivity contribution in [2.24, 2.45) is 0 Å². The Hall–Kier alpha value is -1.94. The maximum atomic E-state index is 12.4. The second-order valence-electron chi connectivity index (χ2n) is 5.16. The molecule has 0 fully saturated rings. The predicted molar refractivity (Wildman–Crippen MR) is 84.7 cm³/mol. The van der Waals surface area contributed by atoms with Crippen LogP contribution in [0.2, 0.25) is 0 Å². The highest BCUT2D eigenvalue weighted by molar-refractivity contribution is 7.55. The quantitative estimate of drug-likeness (QED) is 0.712. The summed E-state index contributed by atoms with van der Waals surface area (Å²) in [5.41, 5.74) is 2.11. The number of nitrogens with one attached hydrogen (secondary N) is 1. The van der Waals surface area contributed by atoms with E-state index in [1.54, 1.807) is 42.5 Å². The minimum Gasteiger partial charge on any atom is -0.480 e. The molecule has 2 unspecified atom stereocenters. The van der Waals surface area contributed by atoms with Gasteiger partial charge in [-0.1, -0.05) is 60.2 Å². The summed E-state index contributed by atoms with van der Waals surface area (Å²) in [7, 11) is -3.84. The predicted octanol–water partition coefficient (Wildman–Crippen LogP) is 3.10. The molecular formula is C16H18NO4P. The molecule has 2 atom stereocenters. The van der Waals surface area contributed by atoms with E-state index < -0.39 is 19.5 Å². The second-order valence-corrected chi connectivity index (χ2v) is 7.14. The van der Waals surface area contributed by atoms with Crippen LogP contribution in [0.25, 0.3) is 0 Å². The number of benzene rings is 2. The number of hydrogen-bond donors (Lipinski definition) is 3. The van der Waals surface area contributed by atoms with E-state index in [0.717, 1.165) is 5.56 Å². The lowest BCUT2D eigenvalue weighted by Crippen LogP contribution is -2.26. The van der Waals surface area contributed by atoms with E-state index in [-0.39, 0.29) is 6.16 Å². The summed E-state index contributed by atoms with van der Waals surface area (Å²) in [6.45, 7) is 1.89. The van der Waals surface area contributed by atoms with E-state index >= 15 is 0 Å². The maximum Gasteiger partial charge on any atom is 0.325 e. The molecule has 3 N–H and O–H groups in total. The van der Waals surface area contributed by atoms with Gasteiger partial charge in [0.05, 0.1) is 6.16 Å². The molecule has 22 heavy (non-hydrogen) atoms. The highest BCUT2D eigenvalue weighted by Crippen LogP contribution is 2.42. The Labute approximate surface area is 129 Å². The van der Waals surface area contributed by atoms with Gasteiger partial charge in [-0.2, -0.15) is 0 Å². The van der Waals surface area contributed by atoms with Gasteiger partial charge in [-0.25, -0.2) is 5.09 Å². The zero-order chi connectivity index (χ0) is 16.2. The van der Waals surface area contributed by atoms with Crippen molar-refractivity contribution in [2.45, 2.75) is 19.1 Å². The molecule has 0 aliphatic carbocycles. The minimum atomic E-state index is -3.84. The van der Waals surface area contributed by atoms with Crippen LogP contribution in [0.5, 0.6) is 0 Å². The minimum absolute atomic E-state index is 0.120. The van der Waals surface area contributed by atoms with E-state index in [1.165, 1.54) is 0 Å². The number of hydrogen-bond acceptors (Lipinski definition) is 2. The molecule has 0 heterocycles. The first kappa shape index (κ1) is 16.4. The van der Waals surface area contributed by atoms with Crippen molar-refractivity contribution in [3.05, 3.63) is 71.3 Å². The number of carbonyl (C=O) groups is 1. The Kier molecular flexibility index (Phi) is 5.14. The van der Waals surface area contributed by atoms with Gasteiger partial charge in [0.2, 0.25) is 0 Å². The number of rotatable bonds is 6. The first-order valence-electron chi connectivity index (χ1n) is 6.80. The molecule has 2 rings (SSSR count). The lowest BCUT2D eigenvalue weighted by atomic mass is 10.1. The monoisotopic (exact) mass is 319 g/mol. The molecule has 116 valence electrons. The van der Waals surface area contributed by atoms with Gasteiger partial charge in [-0.15, -0.1) is 0 Å². The lowest BCUT2D eigenvalue weighted by Gasteiger charge is -2.20. The molecule has 6 heteroatoms. The summed E-state index contributed by atoms with van der Waals surface area (Å²) < 4.78 is 12.4. The molecule has 0 radical (unpaired) electrons. The van der Waals surface area contributed by atoms with E-state index in [4.69, 9.17) is 0 Å². The van der Waals surface area contributed by atoms with Gasteiger partial charge in [0.25, 0.3) is 7.52 Å². The van der Waals surface area contributed by atoms with Gasteiger partial charge in [-0.3, -0.25) is 9.36 Å². The summed E-state index contributed by atoms with van der Waals surface area (Å²) in [6.07, 6.45) is -0.120. The first-order chi connectivity index (χ1) is 10.4. The fraction of sp³-hybridized carbons (Fsp3) is 0.188. The van der Waals surface area contributed by atoms with Crippen LogP contribution >= 0.6 is 7.52 Å². The molecule has 0 saturated heterocycles. The van der Waals surface area contributed by atoms with Crippen LogP contribution in [0.15, 0.2) is 54.6 Å². The third-order valence-electron chi connectivity index (χ3n) is 3.19. The van der Waals surface area contributed by atoms with Crippen molar-refractivity contribution in [3.63, 3.8) is 0 Å². The van der Waals surface area contributed by atoms with Crippen molar-refractivity contribution in [3.8, 4) is 0 Å². The Balaban J connectivity index is 2.18. The number of carboxylic acid groups (broad SMARTS) is 1. The average Bonchev–Trinajstić information content (AvgIpc) is 2.45. The third-order valence-corrected chi connectivity index (χ3v) is 4.65. The van der Waals surface area contributed by atoms with E-state index in [0.29, 0.717) is 11.1 Å². The van der Waals surface area contributed by atoms with E-state index in [9.17, 15) is 19.4 Å². The average molecular weight is 319 g/mol. The van der Waals surface area contributed by atoms with Crippen molar-refractivity contribution >= 4 is 13.5 Å². The third kappa shape index (κ3) is 4.53. The zero-order valence-corrected chi connectivity index (χ0v) is 13.0. The topological polar surface area (TPSA) is 86.6 Å². The standard InChI is InChI=1S/C16H18NO4P/c1-12-6-5-7-13(10-12)11-22(20,21)17-15(16(18)19)14-8-3-2-4-9-14/h2-10,15H,11H2,1H3,(H,18,19)(H2,17,20,21). The van der Waals surface area contributed by atoms with E-state index in [1.807, 2.05) is 19.1 Å². The van der Waals surface area contributed by atoms with Gasteiger partial charge < -0.3 is 10.00 Å². The SMILES string of the molecule is Cc1cccc(CP(=O)(O)NC(C(=O)O)c2ccccc2)c1. The van der Waals surface area contributed by atoms with Crippen LogP contribution in [-0.2, 0) is 15.5 Å². The normalized spacial score (nSPS) is 15.0. The van der Waals surface area contributed by atoms with Gasteiger partial charge in [0, 0.05) is 0 Å². The lowest BCUT2D eigenvalue weighted by molar-refractivity contribution is -0.139. The Morgan fingerprint density at radius 3 is 2.45 bits per heavy atom. The summed E-state index contributed by atoms with van der Waals surface area (Å²) in [6, 6.07) is 14.4. The number of aryl methyl sites for hydroxylation is 1. The molecule has 0 bridgehead atoms. The highest BCUT2D eigenvalue weighted by Gasteiger charge is 2.29. The van der Waals surface area contributed by atoms with Crippen molar-refractivity contribution < 1.29 is 19.4 Å². The molecule has 0 aliphatic heterocycles. The smallest absolute Gasteiger partial charge is 0.325 e.